The van der Waals surface area contributed by atoms with Crippen LogP contribution in [0.15, 0.2) is 22.7 Å². The molecule has 0 spiro atoms. The maximum atomic E-state index is 5.99. The molecule has 4 heteroatoms. The fourth-order valence-electron chi connectivity index (χ4n) is 2.42. The maximum Gasteiger partial charge on any atom is 0.0548 e. The molecule has 1 aromatic carbocycles. The van der Waals surface area contributed by atoms with E-state index in [0.717, 1.165) is 22.6 Å². The van der Waals surface area contributed by atoms with E-state index in [-0.39, 0.29) is 0 Å². The molecule has 0 aromatic heterocycles. The summed E-state index contributed by atoms with van der Waals surface area (Å²) in [6, 6.07) is 6.74. The molecule has 1 atom stereocenters. The normalized spacial score (nSPS) is 21.2. The highest BCUT2D eigenvalue weighted by Crippen LogP contribution is 2.23. The van der Waals surface area contributed by atoms with Crippen LogP contribution in [0.4, 0.5) is 0 Å². The first-order chi connectivity index (χ1) is 8.69. The van der Waals surface area contributed by atoms with Gasteiger partial charge in [-0.15, -0.1) is 0 Å². The van der Waals surface area contributed by atoms with Crippen molar-refractivity contribution in [3.05, 3.63) is 33.3 Å². The van der Waals surface area contributed by atoms with E-state index in [4.69, 9.17) is 11.6 Å². The lowest BCUT2D eigenvalue weighted by atomic mass is 10.1. The molecule has 2 rings (SSSR count). The number of rotatable bonds is 4. The third-order valence-electron chi connectivity index (χ3n) is 3.53. The summed E-state index contributed by atoms with van der Waals surface area (Å²) < 4.78 is 0.974. The van der Waals surface area contributed by atoms with Crippen LogP contribution in [0.2, 0.25) is 5.02 Å². The summed E-state index contributed by atoms with van der Waals surface area (Å²) in [7, 11) is 0. The zero-order valence-corrected chi connectivity index (χ0v) is 13.1. The molecule has 0 saturated carbocycles. The molecule has 0 aliphatic carbocycles. The van der Waals surface area contributed by atoms with Crippen LogP contribution < -0.4 is 5.32 Å². The highest BCUT2D eigenvalue weighted by molar-refractivity contribution is 9.10. The Bertz CT molecular complexity index is 397. The largest absolute Gasteiger partial charge is 0.309 e. The number of nitrogens with one attached hydrogen (secondary N) is 1. The Morgan fingerprint density at radius 1 is 1.50 bits per heavy atom. The van der Waals surface area contributed by atoms with E-state index >= 15 is 0 Å². The molecule has 18 heavy (non-hydrogen) atoms. The first kappa shape index (κ1) is 14.3. The molecule has 1 aliphatic rings. The van der Waals surface area contributed by atoms with Gasteiger partial charge in [-0.2, -0.15) is 0 Å². The summed E-state index contributed by atoms with van der Waals surface area (Å²) >= 11 is 9.46. The summed E-state index contributed by atoms with van der Waals surface area (Å²) in [4.78, 5) is 2.51. The van der Waals surface area contributed by atoms with Crippen LogP contribution >= 0.6 is 27.5 Å². The highest BCUT2D eigenvalue weighted by Gasteiger charge is 2.17. The summed E-state index contributed by atoms with van der Waals surface area (Å²) in [5.41, 5.74) is 1.28. The summed E-state index contributed by atoms with van der Waals surface area (Å²) in [5, 5.41) is 4.42. The molecule has 1 N–H and O–H groups in total. The van der Waals surface area contributed by atoms with Gasteiger partial charge in [0.25, 0.3) is 0 Å². The van der Waals surface area contributed by atoms with Crippen LogP contribution in [0.25, 0.3) is 0 Å². The Hall–Kier alpha value is -0.0900. The van der Waals surface area contributed by atoms with Crippen LogP contribution in [-0.4, -0.2) is 30.6 Å². The quantitative estimate of drug-likeness (QED) is 0.905. The molecule has 100 valence electrons. The lowest BCUT2D eigenvalue weighted by Gasteiger charge is -2.32. The van der Waals surface area contributed by atoms with Crippen LogP contribution in [0.3, 0.4) is 0 Å². The van der Waals surface area contributed by atoms with Crippen LogP contribution in [0.5, 0.6) is 0 Å². The number of nitrogens with zero attached hydrogens (tertiary/aromatic N) is 1. The Labute approximate surface area is 123 Å². The van der Waals surface area contributed by atoms with Crippen LogP contribution in [0.1, 0.15) is 25.3 Å². The second kappa shape index (κ2) is 6.90. The van der Waals surface area contributed by atoms with Gasteiger partial charge in [-0.3, -0.25) is 0 Å². The smallest absolute Gasteiger partial charge is 0.0548 e. The van der Waals surface area contributed by atoms with Crippen LogP contribution in [0, 0.1) is 0 Å². The van der Waals surface area contributed by atoms with E-state index < -0.39 is 0 Å². The zero-order chi connectivity index (χ0) is 13.0. The predicted octanol–water partition coefficient (Wildman–Crippen LogP) is 3.68. The van der Waals surface area contributed by atoms with Gasteiger partial charge >= 0.3 is 0 Å². The molecule has 1 heterocycles. The van der Waals surface area contributed by atoms with Gasteiger partial charge in [-0.25, -0.2) is 0 Å². The van der Waals surface area contributed by atoms with Gasteiger partial charge in [0.2, 0.25) is 0 Å². The number of halogens is 2. The molecule has 0 radical (unpaired) electrons. The molecule has 1 saturated heterocycles. The Balaban J connectivity index is 1.85. The minimum absolute atomic E-state index is 0.619. The Kier molecular flexibility index (Phi) is 5.49. The van der Waals surface area contributed by atoms with Gasteiger partial charge < -0.3 is 10.2 Å². The number of piperidine rings is 1. The number of likely N-dealkylation sites (N-methyl/N-ethyl adjacent to an activating group) is 1. The van der Waals surface area contributed by atoms with Crippen molar-refractivity contribution in [3.8, 4) is 0 Å². The number of hydrogen-bond acceptors (Lipinski definition) is 2. The third-order valence-corrected chi connectivity index (χ3v) is 4.75. The zero-order valence-electron chi connectivity index (χ0n) is 10.8. The van der Waals surface area contributed by atoms with E-state index in [1.54, 1.807) is 0 Å². The molecule has 1 aromatic rings. The lowest BCUT2D eigenvalue weighted by molar-refractivity contribution is 0.198. The molecule has 0 bridgehead atoms. The molecule has 0 amide bonds. The first-order valence-corrected chi connectivity index (χ1v) is 7.76. The molecule has 1 aliphatic heterocycles. The molecule has 1 unspecified atom stereocenters. The van der Waals surface area contributed by atoms with Crippen molar-refractivity contribution >= 4 is 27.5 Å². The highest BCUT2D eigenvalue weighted by atomic mass is 79.9. The van der Waals surface area contributed by atoms with Crippen molar-refractivity contribution in [2.45, 2.75) is 32.4 Å². The van der Waals surface area contributed by atoms with E-state index in [9.17, 15) is 0 Å². The van der Waals surface area contributed by atoms with Crippen molar-refractivity contribution in [1.82, 2.24) is 10.2 Å². The summed E-state index contributed by atoms with van der Waals surface area (Å²) in [5.74, 6) is 0. The van der Waals surface area contributed by atoms with E-state index in [0.29, 0.717) is 6.04 Å². The first-order valence-electron chi connectivity index (χ1n) is 6.58. The lowest BCUT2D eigenvalue weighted by Crippen LogP contribution is -2.45. The Morgan fingerprint density at radius 3 is 3.06 bits per heavy atom. The molecule has 2 nitrogen and oxygen atoms in total. The van der Waals surface area contributed by atoms with Gasteiger partial charge in [0.05, 0.1) is 5.02 Å². The Morgan fingerprint density at radius 2 is 2.33 bits per heavy atom. The van der Waals surface area contributed by atoms with E-state index in [1.807, 2.05) is 6.07 Å². The van der Waals surface area contributed by atoms with Crippen molar-refractivity contribution in [1.29, 1.82) is 0 Å². The van der Waals surface area contributed by atoms with Crippen molar-refractivity contribution < 1.29 is 0 Å². The fourth-order valence-corrected chi connectivity index (χ4v) is 2.96. The molecular weight excluding hydrogens is 312 g/mol. The average molecular weight is 332 g/mol. The summed E-state index contributed by atoms with van der Waals surface area (Å²) in [6.45, 7) is 6.73. The maximum absolute atomic E-state index is 5.99. The average Bonchev–Trinajstić information content (AvgIpc) is 2.40. The summed E-state index contributed by atoms with van der Waals surface area (Å²) in [6.07, 6.45) is 2.58. The standard InChI is InChI=1S/C14H20BrClN2/c1-2-18-7-3-4-12(10-18)17-9-11-5-6-14(16)13(15)8-11/h5-6,8,12,17H,2-4,7,9-10H2,1H3. The van der Waals surface area contributed by atoms with Crippen molar-refractivity contribution in [3.63, 3.8) is 0 Å². The SMILES string of the molecule is CCN1CCCC(NCc2ccc(Cl)c(Br)c2)C1. The van der Waals surface area contributed by atoms with Gasteiger partial charge in [0, 0.05) is 23.6 Å². The monoisotopic (exact) mass is 330 g/mol. The van der Waals surface area contributed by atoms with Gasteiger partial charge in [-0.1, -0.05) is 24.6 Å². The van der Waals surface area contributed by atoms with Crippen molar-refractivity contribution in [2.75, 3.05) is 19.6 Å². The second-order valence-electron chi connectivity index (χ2n) is 4.86. The molecular formula is C14H20BrClN2. The van der Waals surface area contributed by atoms with E-state index in [1.165, 1.54) is 31.5 Å². The second-order valence-corrected chi connectivity index (χ2v) is 6.12. The van der Waals surface area contributed by atoms with Crippen LogP contribution in [-0.2, 0) is 6.54 Å². The van der Waals surface area contributed by atoms with Gasteiger partial charge in [0.1, 0.15) is 0 Å². The van der Waals surface area contributed by atoms with Gasteiger partial charge in [-0.05, 0) is 59.6 Å². The third kappa shape index (κ3) is 3.95. The van der Waals surface area contributed by atoms with Gasteiger partial charge in [0.15, 0.2) is 0 Å². The number of benzene rings is 1. The number of hydrogen-bond donors (Lipinski definition) is 1. The van der Waals surface area contributed by atoms with Crippen molar-refractivity contribution in [2.24, 2.45) is 0 Å². The minimum atomic E-state index is 0.619. The van der Waals surface area contributed by atoms with E-state index in [2.05, 4.69) is 45.2 Å². The topological polar surface area (TPSA) is 15.3 Å². The minimum Gasteiger partial charge on any atom is -0.309 e. The predicted molar refractivity (Wildman–Crippen MR) is 81.1 cm³/mol. The molecule has 1 fully saturated rings. The number of likely N-dealkylation sites (tertiary alicyclic amines) is 1. The fraction of sp³-hybridized carbons (Fsp3) is 0.571.